The smallest absolute Gasteiger partial charge is 0.194 e. The van der Waals surface area contributed by atoms with E-state index in [9.17, 15) is 0 Å². The van der Waals surface area contributed by atoms with Crippen LogP contribution in [0.3, 0.4) is 0 Å². The molecule has 1 atom stereocenters. The molecule has 0 radical (unpaired) electrons. The maximum atomic E-state index is 6.41. The van der Waals surface area contributed by atoms with Crippen LogP contribution in [0.5, 0.6) is 0 Å². The Labute approximate surface area is 193 Å². The molecule has 3 heteroatoms. The van der Waals surface area contributed by atoms with E-state index in [1.165, 1.54) is 83.5 Å². The van der Waals surface area contributed by atoms with E-state index < -0.39 is 8.32 Å². The van der Waals surface area contributed by atoms with Crippen LogP contribution >= 0.6 is 15.9 Å². The fourth-order valence-corrected chi connectivity index (χ4v) is 4.52. The lowest BCUT2D eigenvalue weighted by molar-refractivity contribution is 0.275. The molecule has 0 aromatic heterocycles. The van der Waals surface area contributed by atoms with Crippen LogP contribution in [0.2, 0.25) is 18.1 Å². The van der Waals surface area contributed by atoms with Gasteiger partial charge in [0.15, 0.2) is 8.32 Å². The molecule has 0 fully saturated rings. The SMILES string of the molecule is CCCCCCCCCCCCCCC/C=C\[C@@H](C#CBr)O[Si](C)(C)C(C)(C)C. The van der Waals surface area contributed by atoms with Crippen LogP contribution in [0.1, 0.15) is 118 Å². The normalized spacial score (nSPS) is 13.5. The number of hydrogen-bond acceptors (Lipinski definition) is 1. The molecule has 0 aromatic carbocycles. The molecule has 0 saturated carbocycles. The second kappa shape index (κ2) is 17.6. The van der Waals surface area contributed by atoms with Crippen LogP contribution in [-0.2, 0) is 4.43 Å². The molecule has 0 aromatic rings. The van der Waals surface area contributed by atoms with Gasteiger partial charge in [0.1, 0.15) is 6.10 Å². The predicted molar refractivity (Wildman–Crippen MR) is 138 cm³/mol. The molecule has 0 aliphatic heterocycles. The van der Waals surface area contributed by atoms with Gasteiger partial charge in [-0.05, 0) is 41.9 Å². The van der Waals surface area contributed by atoms with Gasteiger partial charge >= 0.3 is 0 Å². The maximum absolute atomic E-state index is 6.41. The maximum Gasteiger partial charge on any atom is 0.194 e. The van der Waals surface area contributed by atoms with E-state index in [-0.39, 0.29) is 11.1 Å². The molecule has 0 heterocycles. The molecule has 0 bridgehead atoms. The van der Waals surface area contributed by atoms with Gasteiger partial charge in [0.2, 0.25) is 0 Å². The Hall–Kier alpha value is -0.0431. The zero-order chi connectivity index (χ0) is 22.0. The van der Waals surface area contributed by atoms with Gasteiger partial charge in [-0.25, -0.2) is 0 Å². The monoisotopic (exact) mass is 484 g/mol. The van der Waals surface area contributed by atoms with E-state index in [0.717, 1.165) is 6.42 Å². The molecule has 0 rings (SSSR count). The lowest BCUT2D eigenvalue weighted by Crippen LogP contribution is -2.43. The molecule has 0 unspecified atom stereocenters. The summed E-state index contributed by atoms with van der Waals surface area (Å²) in [4.78, 5) is 2.85. The van der Waals surface area contributed by atoms with E-state index in [2.05, 4.69) is 79.6 Å². The third-order valence-corrected chi connectivity index (χ3v) is 10.9. The standard InChI is InChI=1S/C26H49BrOSi/c1-7-8-9-10-11-12-13-14-15-16-17-18-19-20-21-22-25(23-24-27)28-29(5,6)26(2,3)4/h21-22,25H,7-20H2,1-6H3/b22-21-/t25-/m0/s1. The fraction of sp³-hybridized carbons (Fsp3) is 0.846. The van der Waals surface area contributed by atoms with Gasteiger partial charge < -0.3 is 4.43 Å². The van der Waals surface area contributed by atoms with Crippen LogP contribution < -0.4 is 0 Å². The second-order valence-corrected chi connectivity index (χ2v) is 15.1. The Kier molecular flexibility index (Phi) is 17.6. The van der Waals surface area contributed by atoms with Crippen molar-refractivity contribution < 1.29 is 4.43 Å². The Morgan fingerprint density at radius 2 is 1.28 bits per heavy atom. The molecule has 0 aliphatic rings. The minimum atomic E-state index is -1.79. The summed E-state index contributed by atoms with van der Waals surface area (Å²) in [6.45, 7) is 13.7. The number of hydrogen-bond donors (Lipinski definition) is 0. The Bertz CT molecular complexity index is 467. The number of halogens is 1. The number of rotatable bonds is 17. The van der Waals surface area contributed by atoms with E-state index in [1.807, 2.05) is 0 Å². The summed E-state index contributed by atoms with van der Waals surface area (Å²) in [6.07, 6.45) is 23.8. The molecule has 0 N–H and O–H groups in total. The van der Waals surface area contributed by atoms with Gasteiger partial charge in [-0.2, -0.15) is 0 Å². The van der Waals surface area contributed by atoms with Gasteiger partial charge in [0.25, 0.3) is 0 Å². The van der Waals surface area contributed by atoms with Crippen molar-refractivity contribution in [2.75, 3.05) is 0 Å². The number of unbranched alkanes of at least 4 members (excludes halogenated alkanes) is 13. The zero-order valence-electron chi connectivity index (χ0n) is 20.4. The van der Waals surface area contributed by atoms with Gasteiger partial charge in [0, 0.05) is 15.9 Å². The summed E-state index contributed by atoms with van der Waals surface area (Å²) in [6, 6.07) is 0. The van der Waals surface area contributed by atoms with Gasteiger partial charge in [-0.3, -0.25) is 0 Å². The minimum Gasteiger partial charge on any atom is -0.400 e. The molecule has 0 spiro atoms. The average molecular weight is 486 g/mol. The second-order valence-electron chi connectivity index (χ2n) is 10.00. The molecular weight excluding hydrogens is 436 g/mol. The Morgan fingerprint density at radius 3 is 1.69 bits per heavy atom. The highest BCUT2D eigenvalue weighted by atomic mass is 79.9. The van der Waals surface area contributed by atoms with Gasteiger partial charge in [-0.15, -0.1) is 0 Å². The minimum absolute atomic E-state index is 0.0859. The summed E-state index contributed by atoms with van der Waals surface area (Å²) in [5.41, 5.74) is 0. The van der Waals surface area contributed by atoms with Crippen molar-refractivity contribution >= 4 is 24.2 Å². The van der Waals surface area contributed by atoms with Crippen molar-refractivity contribution in [3.8, 4) is 10.8 Å². The summed E-state index contributed by atoms with van der Waals surface area (Å²) in [7, 11) is -1.79. The van der Waals surface area contributed by atoms with Crippen LogP contribution in [0.4, 0.5) is 0 Å². The van der Waals surface area contributed by atoms with Gasteiger partial charge in [0.05, 0.1) is 0 Å². The third-order valence-electron chi connectivity index (χ3n) is 6.21. The molecule has 29 heavy (non-hydrogen) atoms. The topological polar surface area (TPSA) is 9.23 Å². The first kappa shape index (κ1) is 29.0. The Morgan fingerprint density at radius 1 is 0.828 bits per heavy atom. The van der Waals surface area contributed by atoms with Crippen molar-refractivity contribution in [3.05, 3.63) is 12.2 Å². The van der Waals surface area contributed by atoms with Crippen molar-refractivity contribution in [1.29, 1.82) is 0 Å². The Balaban J connectivity index is 3.76. The first-order chi connectivity index (χ1) is 13.7. The quantitative estimate of drug-likeness (QED) is 0.0862. The highest BCUT2D eigenvalue weighted by molar-refractivity contribution is 9.12. The van der Waals surface area contributed by atoms with E-state index in [1.54, 1.807) is 0 Å². The number of allylic oxidation sites excluding steroid dienone is 1. The van der Waals surface area contributed by atoms with Crippen LogP contribution in [-0.4, -0.2) is 14.4 Å². The first-order valence-electron chi connectivity index (χ1n) is 12.2. The van der Waals surface area contributed by atoms with E-state index in [0.29, 0.717) is 0 Å². The van der Waals surface area contributed by atoms with Crippen molar-refractivity contribution in [3.63, 3.8) is 0 Å². The zero-order valence-corrected chi connectivity index (χ0v) is 23.0. The van der Waals surface area contributed by atoms with Crippen molar-refractivity contribution in [2.24, 2.45) is 0 Å². The molecule has 1 nitrogen and oxygen atoms in total. The van der Waals surface area contributed by atoms with E-state index in [4.69, 9.17) is 4.43 Å². The van der Waals surface area contributed by atoms with Gasteiger partial charge in [-0.1, -0.05) is 117 Å². The van der Waals surface area contributed by atoms with Crippen molar-refractivity contribution in [1.82, 2.24) is 0 Å². The molecule has 0 amide bonds. The molecule has 0 saturated heterocycles. The highest BCUT2D eigenvalue weighted by Crippen LogP contribution is 2.37. The summed E-state index contributed by atoms with van der Waals surface area (Å²) in [5, 5.41) is 0.210. The molecule has 170 valence electrons. The van der Waals surface area contributed by atoms with Crippen LogP contribution in [0.15, 0.2) is 12.2 Å². The largest absolute Gasteiger partial charge is 0.400 e. The highest BCUT2D eigenvalue weighted by Gasteiger charge is 2.38. The van der Waals surface area contributed by atoms with Crippen LogP contribution in [0.25, 0.3) is 0 Å². The third kappa shape index (κ3) is 16.3. The summed E-state index contributed by atoms with van der Waals surface area (Å²) < 4.78 is 6.41. The first-order valence-corrected chi connectivity index (χ1v) is 15.9. The summed E-state index contributed by atoms with van der Waals surface area (Å²) >= 11 is 3.24. The lowest BCUT2D eigenvalue weighted by Gasteiger charge is -2.37. The average Bonchev–Trinajstić information content (AvgIpc) is 2.63. The fourth-order valence-electron chi connectivity index (χ4n) is 3.16. The lowest BCUT2D eigenvalue weighted by atomic mass is 10.0. The molecule has 0 aliphatic carbocycles. The molecular formula is C26H49BrOSi. The van der Waals surface area contributed by atoms with Crippen molar-refractivity contribution in [2.45, 2.75) is 142 Å². The summed E-state index contributed by atoms with van der Waals surface area (Å²) in [5.74, 6) is 3.15. The van der Waals surface area contributed by atoms with E-state index >= 15 is 0 Å². The van der Waals surface area contributed by atoms with Crippen LogP contribution in [0, 0.1) is 10.8 Å². The predicted octanol–water partition coefficient (Wildman–Crippen LogP) is 9.77.